The zero-order valence-corrected chi connectivity index (χ0v) is 11.1. The molecule has 1 aliphatic rings. The van der Waals surface area contributed by atoms with Gasteiger partial charge in [0.05, 0.1) is 7.11 Å². The molecule has 0 heterocycles. The summed E-state index contributed by atoms with van der Waals surface area (Å²) in [6, 6.07) is 19.2. The van der Waals surface area contributed by atoms with Crippen LogP contribution < -0.4 is 4.74 Å². The van der Waals surface area contributed by atoms with Crippen LogP contribution in [0.25, 0.3) is 0 Å². The molecule has 2 unspecified atom stereocenters. The monoisotopic (exact) mass is 250 g/mol. The second-order valence-electron chi connectivity index (χ2n) is 4.98. The quantitative estimate of drug-likeness (QED) is 0.728. The summed E-state index contributed by atoms with van der Waals surface area (Å²) in [6.07, 6.45) is 5.75. The number of benzene rings is 2. The highest BCUT2D eigenvalue weighted by Crippen LogP contribution is 2.41. The summed E-state index contributed by atoms with van der Waals surface area (Å²) >= 11 is 0. The normalized spacial score (nSPS) is 21.5. The second-order valence-corrected chi connectivity index (χ2v) is 4.98. The van der Waals surface area contributed by atoms with Crippen LogP contribution >= 0.6 is 0 Å². The van der Waals surface area contributed by atoms with Crippen LogP contribution in [0.15, 0.2) is 66.7 Å². The van der Waals surface area contributed by atoms with Crippen molar-refractivity contribution in [1.82, 2.24) is 0 Å². The lowest BCUT2D eigenvalue weighted by Crippen LogP contribution is -2.04. The predicted molar refractivity (Wildman–Crippen MR) is 78.7 cm³/mol. The van der Waals surface area contributed by atoms with Gasteiger partial charge in [0, 0.05) is 5.92 Å². The average Bonchev–Trinajstić information content (AvgIpc) is 2.98. The molecule has 0 N–H and O–H groups in total. The van der Waals surface area contributed by atoms with Crippen LogP contribution in [0.4, 0.5) is 0 Å². The lowest BCUT2D eigenvalue weighted by molar-refractivity contribution is 0.414. The molecule has 1 nitrogen and oxygen atoms in total. The topological polar surface area (TPSA) is 9.23 Å². The second kappa shape index (κ2) is 5.31. The third-order valence-electron chi connectivity index (χ3n) is 3.90. The molecular formula is C18H18O. The van der Waals surface area contributed by atoms with E-state index >= 15 is 0 Å². The Morgan fingerprint density at radius 2 is 1.63 bits per heavy atom. The van der Waals surface area contributed by atoms with Gasteiger partial charge in [-0.1, -0.05) is 54.6 Å². The number of hydrogen-bond acceptors (Lipinski definition) is 1. The lowest BCUT2D eigenvalue weighted by atomic mass is 9.84. The van der Waals surface area contributed by atoms with Gasteiger partial charge >= 0.3 is 0 Å². The maximum absolute atomic E-state index is 5.23. The first-order valence-corrected chi connectivity index (χ1v) is 6.74. The highest BCUT2D eigenvalue weighted by atomic mass is 16.5. The molecule has 0 saturated carbocycles. The Morgan fingerprint density at radius 1 is 0.895 bits per heavy atom. The fraction of sp³-hybridized carbons (Fsp3) is 0.222. The molecule has 2 aromatic carbocycles. The van der Waals surface area contributed by atoms with Crippen molar-refractivity contribution in [3.8, 4) is 5.75 Å². The molecule has 1 aliphatic carbocycles. The van der Waals surface area contributed by atoms with Crippen molar-refractivity contribution in [1.29, 1.82) is 0 Å². The highest BCUT2D eigenvalue weighted by molar-refractivity contribution is 5.37. The molecule has 0 amide bonds. The maximum atomic E-state index is 5.23. The molecule has 0 spiro atoms. The SMILES string of the molecule is COc1ccc(C2CC=CC2c2ccccc2)cc1. The molecule has 0 aliphatic heterocycles. The summed E-state index contributed by atoms with van der Waals surface area (Å²) in [6.45, 7) is 0. The average molecular weight is 250 g/mol. The lowest BCUT2D eigenvalue weighted by Gasteiger charge is -2.20. The van der Waals surface area contributed by atoms with Crippen LogP contribution in [-0.4, -0.2) is 7.11 Å². The van der Waals surface area contributed by atoms with Crippen molar-refractivity contribution in [2.24, 2.45) is 0 Å². The minimum atomic E-state index is 0.495. The Bertz CT molecular complexity index is 554. The molecule has 96 valence electrons. The largest absolute Gasteiger partial charge is 0.497 e. The van der Waals surface area contributed by atoms with Crippen molar-refractivity contribution in [2.45, 2.75) is 18.3 Å². The fourth-order valence-corrected chi connectivity index (χ4v) is 2.87. The summed E-state index contributed by atoms with van der Waals surface area (Å²) < 4.78 is 5.23. The van der Waals surface area contributed by atoms with E-state index in [4.69, 9.17) is 4.74 Å². The van der Waals surface area contributed by atoms with E-state index in [1.54, 1.807) is 7.11 Å². The van der Waals surface area contributed by atoms with Crippen LogP contribution in [0.1, 0.15) is 29.4 Å². The number of methoxy groups -OCH3 is 1. The Hall–Kier alpha value is -2.02. The van der Waals surface area contributed by atoms with E-state index in [0.717, 1.165) is 12.2 Å². The molecule has 2 atom stereocenters. The first-order chi connectivity index (χ1) is 9.38. The van der Waals surface area contributed by atoms with Crippen molar-refractivity contribution in [2.75, 3.05) is 7.11 Å². The Labute approximate surface area is 114 Å². The zero-order chi connectivity index (χ0) is 13.1. The van der Waals surface area contributed by atoms with Crippen molar-refractivity contribution >= 4 is 0 Å². The van der Waals surface area contributed by atoms with Crippen LogP contribution in [0, 0.1) is 0 Å². The van der Waals surface area contributed by atoms with Gasteiger partial charge < -0.3 is 4.74 Å². The van der Waals surface area contributed by atoms with Gasteiger partial charge in [0.2, 0.25) is 0 Å². The summed E-state index contributed by atoms with van der Waals surface area (Å²) in [7, 11) is 1.71. The Balaban J connectivity index is 1.88. The summed E-state index contributed by atoms with van der Waals surface area (Å²) in [5.74, 6) is 1.97. The minimum absolute atomic E-state index is 0.495. The van der Waals surface area contributed by atoms with E-state index in [-0.39, 0.29) is 0 Å². The predicted octanol–water partition coefficient (Wildman–Crippen LogP) is 4.52. The standard InChI is InChI=1S/C18H18O/c1-19-16-12-10-15(11-13-16)18-9-5-8-17(18)14-6-3-2-4-7-14/h2-8,10-13,17-18H,9H2,1H3. The van der Waals surface area contributed by atoms with E-state index in [9.17, 15) is 0 Å². The third kappa shape index (κ3) is 2.41. The van der Waals surface area contributed by atoms with Gasteiger partial charge in [-0.2, -0.15) is 0 Å². The molecule has 0 saturated heterocycles. The summed E-state index contributed by atoms with van der Waals surface area (Å²) in [5, 5.41) is 0. The van der Waals surface area contributed by atoms with Gasteiger partial charge in [-0.15, -0.1) is 0 Å². The first-order valence-electron chi connectivity index (χ1n) is 6.74. The Morgan fingerprint density at radius 3 is 2.32 bits per heavy atom. The number of ether oxygens (including phenoxy) is 1. The van der Waals surface area contributed by atoms with Gasteiger partial charge in [0.25, 0.3) is 0 Å². The summed E-state index contributed by atoms with van der Waals surface area (Å²) in [4.78, 5) is 0. The van der Waals surface area contributed by atoms with E-state index in [2.05, 4.69) is 66.7 Å². The van der Waals surface area contributed by atoms with E-state index in [1.165, 1.54) is 11.1 Å². The van der Waals surface area contributed by atoms with E-state index in [1.807, 2.05) is 0 Å². The van der Waals surface area contributed by atoms with E-state index < -0.39 is 0 Å². The summed E-state index contributed by atoms with van der Waals surface area (Å²) in [5.41, 5.74) is 2.79. The van der Waals surface area contributed by atoms with E-state index in [0.29, 0.717) is 11.8 Å². The minimum Gasteiger partial charge on any atom is -0.497 e. The molecule has 19 heavy (non-hydrogen) atoms. The highest BCUT2D eigenvalue weighted by Gasteiger charge is 2.25. The zero-order valence-electron chi connectivity index (χ0n) is 11.1. The molecule has 0 fully saturated rings. The molecule has 1 heteroatoms. The van der Waals surface area contributed by atoms with Gasteiger partial charge in [-0.25, -0.2) is 0 Å². The Kier molecular flexibility index (Phi) is 3.37. The first kappa shape index (κ1) is 12.0. The molecule has 0 radical (unpaired) electrons. The van der Waals surface area contributed by atoms with Crippen molar-refractivity contribution in [3.05, 3.63) is 77.9 Å². The van der Waals surface area contributed by atoms with Crippen molar-refractivity contribution < 1.29 is 4.74 Å². The molecular weight excluding hydrogens is 232 g/mol. The smallest absolute Gasteiger partial charge is 0.118 e. The van der Waals surface area contributed by atoms with Gasteiger partial charge in [0.15, 0.2) is 0 Å². The third-order valence-corrected chi connectivity index (χ3v) is 3.90. The van der Waals surface area contributed by atoms with Crippen LogP contribution in [-0.2, 0) is 0 Å². The number of allylic oxidation sites excluding steroid dienone is 2. The molecule has 3 rings (SSSR count). The molecule has 0 aromatic heterocycles. The van der Waals surface area contributed by atoms with Crippen LogP contribution in [0.2, 0.25) is 0 Å². The van der Waals surface area contributed by atoms with Crippen LogP contribution in [0.3, 0.4) is 0 Å². The maximum Gasteiger partial charge on any atom is 0.118 e. The van der Waals surface area contributed by atoms with Gasteiger partial charge in [-0.05, 0) is 35.6 Å². The molecule has 2 aromatic rings. The van der Waals surface area contributed by atoms with Gasteiger partial charge in [-0.3, -0.25) is 0 Å². The number of hydrogen-bond donors (Lipinski definition) is 0. The fourth-order valence-electron chi connectivity index (χ4n) is 2.87. The van der Waals surface area contributed by atoms with Crippen molar-refractivity contribution in [3.63, 3.8) is 0 Å². The van der Waals surface area contributed by atoms with Crippen LogP contribution in [0.5, 0.6) is 5.75 Å². The van der Waals surface area contributed by atoms with Gasteiger partial charge in [0.1, 0.15) is 5.75 Å². The number of rotatable bonds is 3. The molecule has 0 bridgehead atoms.